The van der Waals surface area contributed by atoms with E-state index in [9.17, 15) is 63.0 Å². The van der Waals surface area contributed by atoms with Gasteiger partial charge in [0.15, 0.2) is 5.78 Å². The Labute approximate surface area is 400 Å². The number of carboxylic acid groups (broad SMARTS) is 2. The molecule has 10 N–H and O–H groups in total. The number of aryl methyl sites for hydroxylation is 1. The number of carbonyl (C=O) groups excluding carboxylic acids is 9. The molecular formula is C47H67N7O13S. The number of amides is 7. The lowest BCUT2D eigenvalue weighted by Crippen LogP contribution is -2.62. The highest BCUT2D eigenvalue weighted by Gasteiger charge is 2.39. The summed E-state index contributed by atoms with van der Waals surface area (Å²) < 4.78 is 0. The highest BCUT2D eigenvalue weighted by Crippen LogP contribution is 2.22. The van der Waals surface area contributed by atoms with Crippen LogP contribution in [0.25, 0.3) is 0 Å². The van der Waals surface area contributed by atoms with Gasteiger partial charge in [-0.2, -0.15) is 0 Å². The number of benzene rings is 1. The number of Topliss-reactive ketones (excluding diaryl/α,β-unsaturated/α-hetero) is 2. The molecule has 0 bridgehead atoms. The van der Waals surface area contributed by atoms with E-state index in [2.05, 4.69) is 31.9 Å². The van der Waals surface area contributed by atoms with Crippen molar-refractivity contribution in [1.82, 2.24) is 31.9 Å². The standard InChI is InChI=1S/C47H67N7O13S/c1-8-9-16-29(39(61)41(48)62)50-43(64)31(23-26(2)3)53-46(67)40(47(5,6)7)54-45(66)32(24-28-15-11-10-14-27(28)4)52-42(63)30(20-21-37(57)58)51-44(65)33(25-38(59)60)49-36(56)19-12-17-34(55)35-18-13-22-68-35/h10-11,13-15,18,22,26,29-33,40H,8-9,12,16-17,19-21,23-25H2,1-7H3,(H2,48,62)(H,49,56)(H,50,64)(H,51,65)(H,52,63)(H,53,67)(H,54,66)(H,57,58)(H,59,60)/t29-,30-,31-,32-,33-,40+/m0/s1. The normalized spacial score (nSPS) is 13.9. The van der Waals surface area contributed by atoms with E-state index in [1.54, 1.807) is 83.3 Å². The third-order valence-corrected chi connectivity index (χ3v) is 11.6. The second kappa shape index (κ2) is 28.0. The summed E-state index contributed by atoms with van der Waals surface area (Å²) in [4.78, 5) is 144. The molecule has 0 unspecified atom stereocenters. The number of carbonyl (C=O) groups is 11. The number of nitrogens with two attached hydrogens (primary N) is 1. The maximum absolute atomic E-state index is 14.4. The van der Waals surface area contributed by atoms with Gasteiger partial charge in [0.25, 0.3) is 5.91 Å². The first kappa shape index (κ1) is 57.6. The van der Waals surface area contributed by atoms with Gasteiger partial charge in [-0.1, -0.05) is 84.7 Å². The van der Waals surface area contributed by atoms with Crippen LogP contribution in [0.15, 0.2) is 41.8 Å². The number of hydrogen-bond acceptors (Lipinski definition) is 12. The van der Waals surface area contributed by atoms with Gasteiger partial charge < -0.3 is 47.8 Å². The van der Waals surface area contributed by atoms with Gasteiger partial charge in [-0.15, -0.1) is 11.3 Å². The van der Waals surface area contributed by atoms with E-state index < -0.39 is 120 Å². The molecule has 2 rings (SSSR count). The smallest absolute Gasteiger partial charge is 0.305 e. The van der Waals surface area contributed by atoms with E-state index >= 15 is 0 Å². The summed E-state index contributed by atoms with van der Waals surface area (Å²) in [6, 6.07) is 1.53. The van der Waals surface area contributed by atoms with Crippen LogP contribution < -0.4 is 37.6 Å². The Hall–Kier alpha value is -6.51. The number of rotatable bonds is 30. The molecule has 21 heteroatoms. The van der Waals surface area contributed by atoms with Gasteiger partial charge in [0.2, 0.25) is 41.2 Å². The Bertz CT molecular complexity index is 2120. The van der Waals surface area contributed by atoms with Crippen LogP contribution in [-0.4, -0.2) is 111 Å². The van der Waals surface area contributed by atoms with Crippen LogP contribution in [0.1, 0.15) is 127 Å². The Morgan fingerprint density at radius 1 is 0.647 bits per heavy atom. The molecule has 0 saturated heterocycles. The van der Waals surface area contributed by atoms with E-state index in [-0.39, 0.29) is 50.2 Å². The first-order chi connectivity index (χ1) is 31.8. The van der Waals surface area contributed by atoms with Crippen molar-refractivity contribution in [3.05, 3.63) is 57.8 Å². The maximum atomic E-state index is 14.4. The molecule has 0 aliphatic rings. The summed E-state index contributed by atoms with van der Waals surface area (Å²) in [6.07, 6.45) is -1.05. The van der Waals surface area contributed by atoms with Crippen LogP contribution in [0, 0.1) is 18.3 Å². The molecule has 1 heterocycles. The molecule has 0 spiro atoms. The molecule has 1 aromatic carbocycles. The fraction of sp³-hybridized carbons (Fsp3) is 0.553. The van der Waals surface area contributed by atoms with Gasteiger partial charge in [-0.25, -0.2) is 0 Å². The lowest BCUT2D eigenvalue weighted by Gasteiger charge is -2.34. The number of thiophene rings is 1. The first-order valence-corrected chi connectivity index (χ1v) is 23.4. The van der Waals surface area contributed by atoms with E-state index in [1.165, 1.54) is 11.3 Å². The molecule has 0 aliphatic heterocycles. The van der Waals surface area contributed by atoms with E-state index in [0.717, 1.165) is 5.56 Å². The molecule has 0 aliphatic carbocycles. The van der Waals surface area contributed by atoms with Crippen LogP contribution in [0.3, 0.4) is 0 Å². The van der Waals surface area contributed by atoms with Crippen molar-refractivity contribution < 1.29 is 63.0 Å². The zero-order valence-corrected chi connectivity index (χ0v) is 40.5. The zero-order valence-electron chi connectivity index (χ0n) is 39.7. The molecule has 0 fully saturated rings. The number of ketones is 2. The number of primary amides is 1. The highest BCUT2D eigenvalue weighted by atomic mass is 32.1. The van der Waals surface area contributed by atoms with Gasteiger partial charge in [0.05, 0.1) is 17.3 Å². The molecule has 2 aromatic rings. The largest absolute Gasteiger partial charge is 0.481 e. The first-order valence-electron chi connectivity index (χ1n) is 22.5. The van der Waals surface area contributed by atoms with Crippen molar-refractivity contribution >= 4 is 76.2 Å². The predicted octanol–water partition coefficient (Wildman–Crippen LogP) is 2.24. The maximum Gasteiger partial charge on any atom is 0.305 e. The number of aliphatic carboxylic acids is 2. The molecule has 0 saturated carbocycles. The third kappa shape index (κ3) is 20.2. The lowest BCUT2D eigenvalue weighted by atomic mass is 9.85. The van der Waals surface area contributed by atoms with Crippen molar-refractivity contribution in [2.45, 2.75) is 155 Å². The van der Waals surface area contributed by atoms with Crippen LogP contribution in [0.4, 0.5) is 0 Å². The van der Waals surface area contributed by atoms with Gasteiger partial charge >= 0.3 is 11.9 Å². The highest BCUT2D eigenvalue weighted by molar-refractivity contribution is 7.12. The molecular weight excluding hydrogens is 903 g/mol. The summed E-state index contributed by atoms with van der Waals surface area (Å²) in [5, 5.41) is 36.0. The quantitative estimate of drug-likeness (QED) is 0.0401. The topological polar surface area (TPSA) is 326 Å². The van der Waals surface area contributed by atoms with Gasteiger partial charge in [0.1, 0.15) is 30.2 Å². The van der Waals surface area contributed by atoms with Crippen LogP contribution in [-0.2, 0) is 54.4 Å². The Morgan fingerprint density at radius 2 is 1.24 bits per heavy atom. The molecule has 1 aromatic heterocycles. The minimum Gasteiger partial charge on any atom is -0.481 e. The van der Waals surface area contributed by atoms with Crippen molar-refractivity contribution in [2.75, 3.05) is 0 Å². The summed E-state index contributed by atoms with van der Waals surface area (Å²) in [5.74, 6) is -10.8. The van der Waals surface area contributed by atoms with E-state index in [1.807, 2.05) is 6.92 Å². The second-order valence-corrected chi connectivity index (χ2v) is 19.0. The fourth-order valence-corrected chi connectivity index (χ4v) is 7.66. The minimum atomic E-state index is -1.72. The minimum absolute atomic E-state index is 0.0117. The Balaban J connectivity index is 2.43. The van der Waals surface area contributed by atoms with E-state index in [4.69, 9.17) is 5.73 Å². The number of hydrogen-bond donors (Lipinski definition) is 9. The summed E-state index contributed by atoms with van der Waals surface area (Å²) >= 11 is 1.24. The van der Waals surface area contributed by atoms with E-state index in [0.29, 0.717) is 23.3 Å². The van der Waals surface area contributed by atoms with Gasteiger partial charge in [-0.05, 0) is 66.5 Å². The average molecular weight is 970 g/mol. The Kier molecular flexibility index (Phi) is 23.7. The summed E-state index contributed by atoms with van der Waals surface area (Å²) in [5.41, 5.74) is 5.52. The Morgan fingerprint density at radius 3 is 1.79 bits per heavy atom. The molecule has 68 heavy (non-hydrogen) atoms. The SMILES string of the molecule is CCCC[C@H](NC(=O)[C@H](CC(C)C)NC(=O)[C@@H](NC(=O)[C@H](Cc1ccccc1C)NC(=O)[C@H](CCC(=O)O)NC(=O)[C@H](CC(=O)O)NC(=O)CCCC(=O)c1cccs1)C(C)(C)C)C(=O)C(N)=O. The monoisotopic (exact) mass is 969 g/mol. The van der Waals surface area contributed by atoms with Gasteiger partial charge in [-0.3, -0.25) is 52.7 Å². The number of unbranched alkanes of at least 4 members (excludes halogenated alkanes) is 1. The van der Waals surface area contributed by atoms with Crippen molar-refractivity contribution in [1.29, 1.82) is 0 Å². The molecule has 7 amide bonds. The molecule has 20 nitrogen and oxygen atoms in total. The zero-order chi connectivity index (χ0) is 51.3. The van der Waals surface area contributed by atoms with Crippen molar-refractivity contribution in [2.24, 2.45) is 17.1 Å². The molecule has 374 valence electrons. The number of carboxylic acids is 2. The van der Waals surface area contributed by atoms with Crippen molar-refractivity contribution in [3.63, 3.8) is 0 Å². The van der Waals surface area contributed by atoms with Crippen molar-refractivity contribution in [3.8, 4) is 0 Å². The van der Waals surface area contributed by atoms with Crippen LogP contribution >= 0.6 is 11.3 Å². The number of nitrogens with one attached hydrogen (secondary N) is 6. The average Bonchev–Trinajstić information content (AvgIpc) is 3.80. The summed E-state index contributed by atoms with van der Waals surface area (Å²) in [7, 11) is 0. The lowest BCUT2D eigenvalue weighted by molar-refractivity contribution is -0.141. The van der Waals surface area contributed by atoms with Crippen LogP contribution in [0.2, 0.25) is 0 Å². The third-order valence-electron chi connectivity index (χ3n) is 10.7. The van der Waals surface area contributed by atoms with Gasteiger partial charge in [0, 0.05) is 25.7 Å². The fourth-order valence-electron chi connectivity index (χ4n) is 6.97. The molecule has 0 radical (unpaired) electrons. The predicted molar refractivity (Wildman–Crippen MR) is 251 cm³/mol. The second-order valence-electron chi connectivity index (χ2n) is 18.1. The molecule has 6 atom stereocenters. The summed E-state index contributed by atoms with van der Waals surface area (Å²) in [6.45, 7) is 12.1. The van der Waals surface area contributed by atoms with Crippen LogP contribution in [0.5, 0.6) is 0 Å².